The van der Waals surface area contributed by atoms with Crippen LogP contribution in [0, 0.1) is 12.3 Å². The third kappa shape index (κ3) is 4.97. The summed E-state index contributed by atoms with van der Waals surface area (Å²) in [4.78, 5) is 10.7. The van der Waals surface area contributed by atoms with Gasteiger partial charge in [-0.15, -0.1) is 0 Å². The van der Waals surface area contributed by atoms with E-state index in [1.165, 1.54) is 6.33 Å². The molecule has 1 aromatic carbocycles. The van der Waals surface area contributed by atoms with Crippen molar-refractivity contribution in [2.75, 3.05) is 38.3 Å². The molecule has 4 rings (SSSR count). The van der Waals surface area contributed by atoms with Gasteiger partial charge in [-0.2, -0.15) is 5.10 Å². The number of benzene rings is 1. The topological polar surface area (TPSA) is 118 Å². The van der Waals surface area contributed by atoms with E-state index in [1.807, 2.05) is 26.1 Å². The second-order valence-electron chi connectivity index (χ2n) is 9.20. The van der Waals surface area contributed by atoms with Crippen molar-refractivity contribution in [1.82, 2.24) is 24.6 Å². The second-order valence-corrected chi connectivity index (χ2v) is 9.61. The Hall–Kier alpha value is -3.17. The largest absolute Gasteiger partial charge is 0.496 e. The van der Waals surface area contributed by atoms with Crippen LogP contribution in [0.15, 0.2) is 24.8 Å². The van der Waals surface area contributed by atoms with E-state index in [1.54, 1.807) is 14.0 Å². The van der Waals surface area contributed by atoms with Gasteiger partial charge in [0.1, 0.15) is 23.7 Å². The molecule has 1 fully saturated rings. The van der Waals surface area contributed by atoms with Gasteiger partial charge in [0.05, 0.1) is 31.0 Å². The lowest BCUT2D eigenvalue weighted by Crippen LogP contribution is -2.31. The molecule has 1 unspecified atom stereocenters. The van der Waals surface area contributed by atoms with Crippen LogP contribution in [0.5, 0.6) is 5.75 Å². The van der Waals surface area contributed by atoms with Crippen LogP contribution in [0.3, 0.4) is 0 Å². The molecule has 4 N–H and O–H groups in total. The molecule has 1 aliphatic rings. The van der Waals surface area contributed by atoms with Gasteiger partial charge < -0.3 is 26.1 Å². The number of rotatable bonds is 7. The summed E-state index contributed by atoms with van der Waals surface area (Å²) in [6, 6.07) is 2.06. The van der Waals surface area contributed by atoms with Gasteiger partial charge in [-0.1, -0.05) is 11.6 Å². The molecule has 3 heterocycles. The van der Waals surface area contributed by atoms with Crippen LogP contribution in [0.4, 0.5) is 11.6 Å². The number of anilines is 2. The summed E-state index contributed by atoms with van der Waals surface area (Å²) in [7, 11) is 3.82. The fourth-order valence-corrected chi connectivity index (χ4v) is 4.93. The molecular weight excluding hydrogens is 464 g/mol. The molecule has 0 spiro atoms. The molecule has 1 atom stereocenters. The van der Waals surface area contributed by atoms with E-state index in [9.17, 15) is 0 Å². The van der Waals surface area contributed by atoms with Crippen molar-refractivity contribution in [3.8, 4) is 16.9 Å². The van der Waals surface area contributed by atoms with Gasteiger partial charge in [-0.3, -0.25) is 4.68 Å². The summed E-state index contributed by atoms with van der Waals surface area (Å²) in [6.45, 7) is 7.79. The molecule has 3 aromatic rings. The highest BCUT2D eigenvalue weighted by Gasteiger charge is 2.25. The highest BCUT2D eigenvalue weighted by molar-refractivity contribution is 6.32. The van der Waals surface area contributed by atoms with E-state index >= 15 is 0 Å². The minimum atomic E-state index is -0.238. The highest BCUT2D eigenvalue weighted by atomic mass is 35.5. The number of nitrogens with zero attached hydrogens (tertiary/aromatic N) is 5. The van der Waals surface area contributed by atoms with Crippen LogP contribution in [0.2, 0.25) is 5.02 Å². The van der Waals surface area contributed by atoms with Crippen molar-refractivity contribution in [3.63, 3.8) is 0 Å². The second kappa shape index (κ2) is 10.2. The molecule has 0 bridgehead atoms. The Bertz CT molecular complexity index is 1230. The molecule has 9 nitrogen and oxygen atoms in total. The monoisotopic (exact) mass is 496 g/mol. The third-order valence-corrected chi connectivity index (χ3v) is 7.13. The fourth-order valence-electron chi connectivity index (χ4n) is 4.72. The molecular formula is C25H33ClN8O. The Morgan fingerprint density at radius 3 is 2.69 bits per heavy atom. The molecule has 0 aliphatic carbocycles. The first-order chi connectivity index (χ1) is 16.7. The van der Waals surface area contributed by atoms with Crippen molar-refractivity contribution in [2.45, 2.75) is 45.7 Å². The minimum Gasteiger partial charge on any atom is -0.496 e. The molecule has 35 heavy (non-hydrogen) atoms. The normalized spacial score (nSPS) is 15.7. The standard InChI is InChI=1S/C25H33ClN8O/c1-14-20(26)10-19(16(3)32-25-22(15(2)27)24(28)29-13-30-25)23(35-5)21(14)17-11-31-34(12-17)18-6-8-33(4)9-7-18/h10-13,16,18,27H,6-9H2,1-5H3,(H3,28,29,30,32). The van der Waals surface area contributed by atoms with Crippen molar-refractivity contribution >= 4 is 28.9 Å². The van der Waals surface area contributed by atoms with E-state index < -0.39 is 0 Å². The maximum absolute atomic E-state index is 8.09. The molecule has 1 saturated heterocycles. The van der Waals surface area contributed by atoms with E-state index in [0.717, 1.165) is 53.9 Å². The Balaban J connectivity index is 1.72. The highest BCUT2D eigenvalue weighted by Crippen LogP contribution is 2.43. The van der Waals surface area contributed by atoms with E-state index in [0.29, 0.717) is 22.4 Å². The molecule has 0 amide bonds. The van der Waals surface area contributed by atoms with Crippen LogP contribution in [-0.2, 0) is 0 Å². The summed E-state index contributed by atoms with van der Waals surface area (Å²) in [5.74, 6) is 1.48. The number of nitrogen functional groups attached to an aromatic ring is 1. The quantitative estimate of drug-likeness (QED) is 0.405. The van der Waals surface area contributed by atoms with Crippen LogP contribution >= 0.6 is 11.6 Å². The van der Waals surface area contributed by atoms with Gasteiger partial charge in [0.25, 0.3) is 0 Å². The van der Waals surface area contributed by atoms with Gasteiger partial charge in [0.2, 0.25) is 0 Å². The van der Waals surface area contributed by atoms with Gasteiger partial charge in [-0.25, -0.2) is 9.97 Å². The van der Waals surface area contributed by atoms with Gasteiger partial charge in [0, 0.05) is 33.6 Å². The van der Waals surface area contributed by atoms with Crippen LogP contribution < -0.4 is 15.8 Å². The Morgan fingerprint density at radius 2 is 2.03 bits per heavy atom. The number of hydrogen-bond acceptors (Lipinski definition) is 8. The number of nitrogens with one attached hydrogen (secondary N) is 2. The zero-order chi connectivity index (χ0) is 25.3. The molecule has 0 saturated carbocycles. The summed E-state index contributed by atoms with van der Waals surface area (Å²) in [5.41, 5.74) is 10.5. The van der Waals surface area contributed by atoms with Crippen LogP contribution in [0.25, 0.3) is 11.1 Å². The lowest BCUT2D eigenvalue weighted by atomic mass is 9.95. The maximum Gasteiger partial charge on any atom is 0.141 e. The lowest BCUT2D eigenvalue weighted by molar-refractivity contribution is 0.212. The maximum atomic E-state index is 8.09. The van der Waals surface area contributed by atoms with Crippen molar-refractivity contribution in [3.05, 3.63) is 46.5 Å². The number of nitrogens with two attached hydrogens (primary N) is 1. The first-order valence-electron chi connectivity index (χ1n) is 11.7. The number of piperidine rings is 1. The van der Waals surface area contributed by atoms with E-state index in [2.05, 4.69) is 38.1 Å². The smallest absolute Gasteiger partial charge is 0.141 e. The Labute approximate surface area is 211 Å². The fraction of sp³-hybridized carbons (Fsp3) is 0.440. The van der Waals surface area contributed by atoms with Crippen LogP contribution in [-0.4, -0.2) is 57.6 Å². The van der Waals surface area contributed by atoms with E-state index in [4.69, 9.17) is 32.6 Å². The molecule has 10 heteroatoms. The number of halogens is 1. The zero-order valence-corrected chi connectivity index (χ0v) is 21.6. The predicted octanol–water partition coefficient (Wildman–Crippen LogP) is 4.72. The lowest BCUT2D eigenvalue weighted by Gasteiger charge is -2.29. The van der Waals surface area contributed by atoms with E-state index in [-0.39, 0.29) is 17.6 Å². The first kappa shape index (κ1) is 24.9. The molecule has 186 valence electrons. The summed E-state index contributed by atoms with van der Waals surface area (Å²) >= 11 is 6.73. The average Bonchev–Trinajstić information content (AvgIpc) is 3.30. The van der Waals surface area contributed by atoms with Gasteiger partial charge in [-0.05, 0) is 65.4 Å². The average molecular weight is 497 g/mol. The number of likely N-dealkylation sites (tertiary alicyclic amines) is 1. The SMILES string of the molecule is COc1c(C(C)Nc2ncnc(N)c2C(C)=N)cc(Cl)c(C)c1-c1cnn(C2CCN(C)CC2)c1. The van der Waals surface area contributed by atoms with Gasteiger partial charge >= 0.3 is 0 Å². The van der Waals surface area contributed by atoms with Crippen molar-refractivity contribution in [2.24, 2.45) is 0 Å². The number of hydrogen-bond donors (Lipinski definition) is 3. The number of methoxy groups -OCH3 is 1. The minimum absolute atomic E-state index is 0.238. The summed E-state index contributed by atoms with van der Waals surface area (Å²) in [5, 5.41) is 16.8. The number of ether oxygens (including phenoxy) is 1. The van der Waals surface area contributed by atoms with Crippen molar-refractivity contribution < 1.29 is 4.74 Å². The molecule has 2 aromatic heterocycles. The van der Waals surface area contributed by atoms with Crippen LogP contribution in [0.1, 0.15) is 55.5 Å². The third-order valence-electron chi connectivity index (χ3n) is 6.73. The predicted molar refractivity (Wildman–Crippen MR) is 141 cm³/mol. The Morgan fingerprint density at radius 1 is 1.31 bits per heavy atom. The number of aromatic nitrogens is 4. The first-order valence-corrected chi connectivity index (χ1v) is 12.1. The Kier molecular flexibility index (Phi) is 7.28. The van der Waals surface area contributed by atoms with Gasteiger partial charge in [0.15, 0.2) is 0 Å². The molecule has 0 radical (unpaired) electrons. The summed E-state index contributed by atoms with van der Waals surface area (Å²) in [6.07, 6.45) is 7.53. The van der Waals surface area contributed by atoms with Crippen molar-refractivity contribution in [1.29, 1.82) is 5.41 Å². The zero-order valence-electron chi connectivity index (χ0n) is 20.9. The molecule has 1 aliphatic heterocycles. The summed E-state index contributed by atoms with van der Waals surface area (Å²) < 4.78 is 8.03.